The molecule has 2 amide bonds. The molecule has 0 fully saturated rings. The molecule has 5 nitrogen and oxygen atoms in total. The largest absolute Gasteiger partial charge is 0.482 e. The Morgan fingerprint density at radius 2 is 1.88 bits per heavy atom. The summed E-state index contributed by atoms with van der Waals surface area (Å²) in [7, 11) is 0. The van der Waals surface area contributed by atoms with E-state index in [0.29, 0.717) is 30.3 Å². The van der Waals surface area contributed by atoms with Crippen molar-refractivity contribution in [1.29, 1.82) is 0 Å². The molecule has 2 aromatic rings. The molecular weight excluding hydrogens is 328 g/mol. The second kappa shape index (κ2) is 8.04. The molecule has 0 saturated heterocycles. The predicted molar refractivity (Wildman–Crippen MR) is 101 cm³/mol. The van der Waals surface area contributed by atoms with Gasteiger partial charge in [-0.05, 0) is 42.2 Å². The Labute approximate surface area is 154 Å². The Kier molecular flexibility index (Phi) is 5.56. The minimum Gasteiger partial charge on any atom is -0.482 e. The first kappa shape index (κ1) is 18.0. The molecule has 0 bridgehead atoms. The Morgan fingerprint density at radius 3 is 2.62 bits per heavy atom. The molecule has 0 atom stereocenters. The summed E-state index contributed by atoms with van der Waals surface area (Å²) in [6.07, 6.45) is 0.961. The molecule has 2 aromatic carbocycles. The van der Waals surface area contributed by atoms with Gasteiger partial charge in [-0.2, -0.15) is 0 Å². The van der Waals surface area contributed by atoms with Gasteiger partial charge in [0.25, 0.3) is 11.8 Å². The number of para-hydroxylation sites is 2. The van der Waals surface area contributed by atoms with E-state index >= 15 is 0 Å². The first-order valence-electron chi connectivity index (χ1n) is 8.94. The number of amides is 2. The number of fused-ring (bicyclic) bond motifs is 1. The Hall–Kier alpha value is -2.82. The van der Waals surface area contributed by atoms with Crippen LogP contribution in [0.2, 0.25) is 0 Å². The number of nitrogens with one attached hydrogen (secondary N) is 1. The molecule has 1 N–H and O–H groups in total. The maximum atomic E-state index is 12.2. The number of ether oxygens (including phenoxy) is 1. The van der Waals surface area contributed by atoms with Crippen LogP contribution in [0.4, 0.5) is 5.69 Å². The highest BCUT2D eigenvalue weighted by Gasteiger charge is 2.25. The third kappa shape index (κ3) is 4.23. The van der Waals surface area contributed by atoms with Crippen LogP contribution in [0.15, 0.2) is 48.5 Å². The molecule has 0 radical (unpaired) electrons. The van der Waals surface area contributed by atoms with Crippen molar-refractivity contribution in [3.63, 3.8) is 0 Å². The smallest absolute Gasteiger partial charge is 0.265 e. The maximum absolute atomic E-state index is 12.2. The number of anilines is 1. The lowest BCUT2D eigenvalue weighted by Gasteiger charge is -2.29. The fraction of sp³-hybridized carbons (Fsp3) is 0.333. The van der Waals surface area contributed by atoms with Gasteiger partial charge < -0.3 is 15.0 Å². The van der Waals surface area contributed by atoms with Gasteiger partial charge in [0.1, 0.15) is 5.75 Å². The van der Waals surface area contributed by atoms with Crippen LogP contribution < -0.4 is 15.0 Å². The van der Waals surface area contributed by atoms with Crippen molar-refractivity contribution in [3.8, 4) is 5.75 Å². The number of benzene rings is 2. The van der Waals surface area contributed by atoms with Gasteiger partial charge in [0, 0.05) is 12.1 Å². The van der Waals surface area contributed by atoms with E-state index in [9.17, 15) is 9.59 Å². The van der Waals surface area contributed by atoms with Crippen molar-refractivity contribution < 1.29 is 14.3 Å². The number of hydrogen-bond acceptors (Lipinski definition) is 3. The van der Waals surface area contributed by atoms with Gasteiger partial charge in [0.05, 0.1) is 12.2 Å². The zero-order valence-electron chi connectivity index (χ0n) is 15.2. The molecule has 0 aromatic heterocycles. The quantitative estimate of drug-likeness (QED) is 0.867. The van der Waals surface area contributed by atoms with Crippen LogP contribution in [0.3, 0.4) is 0 Å². The van der Waals surface area contributed by atoms with E-state index in [1.807, 2.05) is 36.4 Å². The van der Waals surface area contributed by atoms with Crippen LogP contribution in [0, 0.1) is 5.92 Å². The van der Waals surface area contributed by atoms with Gasteiger partial charge in [-0.1, -0.05) is 38.1 Å². The van der Waals surface area contributed by atoms with Crippen LogP contribution in [-0.2, 0) is 11.3 Å². The fourth-order valence-corrected chi connectivity index (χ4v) is 2.85. The van der Waals surface area contributed by atoms with Crippen LogP contribution in [0.25, 0.3) is 0 Å². The first-order chi connectivity index (χ1) is 12.5. The van der Waals surface area contributed by atoms with E-state index in [0.717, 1.165) is 17.7 Å². The van der Waals surface area contributed by atoms with Gasteiger partial charge in [0.15, 0.2) is 6.61 Å². The van der Waals surface area contributed by atoms with Gasteiger partial charge >= 0.3 is 0 Å². The third-order valence-electron chi connectivity index (χ3n) is 4.37. The average Bonchev–Trinajstić information content (AvgIpc) is 2.64. The first-order valence-corrected chi connectivity index (χ1v) is 8.94. The minimum atomic E-state index is -0.0702. The molecule has 136 valence electrons. The van der Waals surface area contributed by atoms with E-state index in [2.05, 4.69) is 19.2 Å². The predicted octanol–water partition coefficient (Wildman–Crippen LogP) is 3.39. The van der Waals surface area contributed by atoms with Crippen LogP contribution in [-0.4, -0.2) is 25.0 Å². The van der Waals surface area contributed by atoms with Gasteiger partial charge in [0.2, 0.25) is 0 Å². The number of rotatable bonds is 6. The summed E-state index contributed by atoms with van der Waals surface area (Å²) in [6, 6.07) is 14.9. The van der Waals surface area contributed by atoms with Crippen molar-refractivity contribution in [1.82, 2.24) is 5.32 Å². The highest BCUT2D eigenvalue weighted by Crippen LogP contribution is 2.32. The number of carbonyl (C=O) groups is 2. The third-order valence-corrected chi connectivity index (χ3v) is 4.37. The van der Waals surface area contributed by atoms with E-state index in [-0.39, 0.29) is 18.4 Å². The van der Waals surface area contributed by atoms with Crippen molar-refractivity contribution in [2.75, 3.05) is 18.1 Å². The summed E-state index contributed by atoms with van der Waals surface area (Å²) in [4.78, 5) is 26.1. The molecule has 5 heteroatoms. The topological polar surface area (TPSA) is 58.6 Å². The molecule has 3 rings (SSSR count). The molecule has 1 aliphatic heterocycles. The van der Waals surface area contributed by atoms with Crippen LogP contribution >= 0.6 is 0 Å². The van der Waals surface area contributed by atoms with Crippen molar-refractivity contribution >= 4 is 17.5 Å². The Bertz CT molecular complexity index is 784. The fourth-order valence-electron chi connectivity index (χ4n) is 2.85. The summed E-state index contributed by atoms with van der Waals surface area (Å²) in [6.45, 7) is 5.44. The normalized spacial score (nSPS) is 13.3. The molecule has 1 aliphatic rings. The second-order valence-corrected chi connectivity index (χ2v) is 6.87. The molecule has 0 unspecified atom stereocenters. The SMILES string of the molecule is CC(C)CCNC(=O)c1ccc(CN2C(=O)COc3ccccc32)cc1. The average molecular weight is 352 g/mol. The summed E-state index contributed by atoms with van der Waals surface area (Å²) in [5.74, 6) is 1.14. The minimum absolute atomic E-state index is 0.0490. The molecule has 0 spiro atoms. The molecule has 1 heterocycles. The standard InChI is InChI=1S/C21H24N2O3/c1-15(2)11-12-22-21(25)17-9-7-16(8-10-17)13-23-18-5-3-4-6-19(18)26-14-20(23)24/h3-10,15H,11-14H2,1-2H3,(H,22,25). The highest BCUT2D eigenvalue weighted by molar-refractivity contribution is 5.98. The lowest BCUT2D eigenvalue weighted by Crippen LogP contribution is -2.38. The summed E-state index contributed by atoms with van der Waals surface area (Å²) < 4.78 is 5.46. The Morgan fingerprint density at radius 1 is 1.15 bits per heavy atom. The molecule has 0 aliphatic carbocycles. The van der Waals surface area contributed by atoms with Crippen molar-refractivity contribution in [3.05, 3.63) is 59.7 Å². The summed E-state index contributed by atoms with van der Waals surface area (Å²) >= 11 is 0. The van der Waals surface area contributed by atoms with Crippen molar-refractivity contribution in [2.24, 2.45) is 5.92 Å². The number of nitrogens with zero attached hydrogens (tertiary/aromatic N) is 1. The molecule has 26 heavy (non-hydrogen) atoms. The lowest BCUT2D eigenvalue weighted by molar-refractivity contribution is -0.121. The summed E-state index contributed by atoms with van der Waals surface area (Å²) in [5, 5.41) is 2.93. The monoisotopic (exact) mass is 352 g/mol. The van der Waals surface area contributed by atoms with E-state index in [1.54, 1.807) is 17.0 Å². The van der Waals surface area contributed by atoms with E-state index in [4.69, 9.17) is 4.74 Å². The molecular formula is C21H24N2O3. The van der Waals surface area contributed by atoms with Gasteiger partial charge in [-0.25, -0.2) is 0 Å². The van der Waals surface area contributed by atoms with E-state index in [1.165, 1.54) is 0 Å². The number of carbonyl (C=O) groups excluding carboxylic acids is 2. The summed E-state index contributed by atoms with van der Waals surface area (Å²) in [5.41, 5.74) is 2.37. The zero-order valence-corrected chi connectivity index (χ0v) is 15.2. The molecule has 0 saturated carbocycles. The highest BCUT2D eigenvalue weighted by atomic mass is 16.5. The van der Waals surface area contributed by atoms with Crippen LogP contribution in [0.5, 0.6) is 5.75 Å². The van der Waals surface area contributed by atoms with Crippen molar-refractivity contribution in [2.45, 2.75) is 26.8 Å². The zero-order chi connectivity index (χ0) is 18.5. The second-order valence-electron chi connectivity index (χ2n) is 6.87. The Balaban J connectivity index is 1.66. The van der Waals surface area contributed by atoms with Gasteiger partial charge in [-0.3, -0.25) is 9.59 Å². The maximum Gasteiger partial charge on any atom is 0.265 e. The van der Waals surface area contributed by atoms with E-state index < -0.39 is 0 Å². The number of hydrogen-bond donors (Lipinski definition) is 1. The van der Waals surface area contributed by atoms with Gasteiger partial charge in [-0.15, -0.1) is 0 Å². The lowest BCUT2D eigenvalue weighted by atomic mass is 10.1. The van der Waals surface area contributed by atoms with Crippen LogP contribution in [0.1, 0.15) is 36.2 Å².